The molecule has 88 valence electrons. The molecule has 5 nitrogen and oxygen atoms in total. The van der Waals surface area contributed by atoms with Crippen LogP contribution < -0.4 is 16.6 Å². The van der Waals surface area contributed by atoms with Crippen molar-refractivity contribution >= 4 is 21.6 Å². The Morgan fingerprint density at radius 3 is 2.94 bits per heavy atom. The summed E-state index contributed by atoms with van der Waals surface area (Å²) in [4.78, 5) is 11.6. The van der Waals surface area contributed by atoms with E-state index in [1.54, 1.807) is 13.2 Å². The fourth-order valence-corrected chi connectivity index (χ4v) is 2.21. The van der Waals surface area contributed by atoms with Gasteiger partial charge in [0.15, 0.2) is 0 Å². The second kappa shape index (κ2) is 4.18. The van der Waals surface area contributed by atoms with E-state index in [1.807, 2.05) is 0 Å². The van der Waals surface area contributed by atoms with E-state index < -0.39 is 0 Å². The molecule has 0 radical (unpaired) electrons. The molecule has 2 rings (SSSR count). The highest BCUT2D eigenvalue weighted by Crippen LogP contribution is 2.29. The number of aromatic nitrogens is 2. The minimum absolute atomic E-state index is 0.111. The zero-order valence-corrected chi connectivity index (χ0v) is 10.7. The number of halogens is 1. The number of rotatable bonds is 3. The summed E-state index contributed by atoms with van der Waals surface area (Å²) in [6.45, 7) is 0.681. The highest BCUT2D eigenvalue weighted by Gasteiger charge is 2.32. The fourth-order valence-electron chi connectivity index (χ4n) is 1.71. The molecule has 0 aliphatic heterocycles. The van der Waals surface area contributed by atoms with Crippen LogP contribution >= 0.6 is 15.9 Å². The molecule has 1 aromatic heterocycles. The first-order valence-corrected chi connectivity index (χ1v) is 6.06. The molecule has 1 aliphatic carbocycles. The topological polar surface area (TPSA) is 72.9 Å². The van der Waals surface area contributed by atoms with E-state index >= 15 is 0 Å². The van der Waals surface area contributed by atoms with Crippen LogP contribution in [0.2, 0.25) is 0 Å². The molecule has 0 atom stereocenters. The minimum Gasteiger partial charge on any atom is -0.381 e. The molecule has 0 amide bonds. The molecule has 3 N–H and O–H groups in total. The summed E-state index contributed by atoms with van der Waals surface area (Å²) in [5, 5.41) is 7.13. The Kier molecular flexibility index (Phi) is 3.03. The van der Waals surface area contributed by atoms with Crippen LogP contribution in [-0.2, 0) is 7.05 Å². The van der Waals surface area contributed by atoms with Gasteiger partial charge in [0.1, 0.15) is 4.47 Å². The number of anilines is 1. The first-order chi connectivity index (χ1) is 7.52. The predicted molar refractivity (Wildman–Crippen MR) is 66.4 cm³/mol. The summed E-state index contributed by atoms with van der Waals surface area (Å²) < 4.78 is 1.80. The Morgan fingerprint density at radius 2 is 2.38 bits per heavy atom. The van der Waals surface area contributed by atoms with Gasteiger partial charge in [-0.3, -0.25) is 4.79 Å². The number of hydrogen-bond acceptors (Lipinski definition) is 4. The molecule has 6 heteroatoms. The van der Waals surface area contributed by atoms with Crippen molar-refractivity contribution in [2.24, 2.45) is 12.8 Å². The lowest BCUT2D eigenvalue weighted by Crippen LogP contribution is -2.52. The zero-order chi connectivity index (χ0) is 11.8. The van der Waals surface area contributed by atoms with Crippen LogP contribution in [0, 0.1) is 0 Å². The van der Waals surface area contributed by atoms with Gasteiger partial charge in [-0.15, -0.1) is 0 Å². The Bertz CT molecular complexity index is 453. The van der Waals surface area contributed by atoms with E-state index in [1.165, 1.54) is 11.1 Å². The zero-order valence-electron chi connectivity index (χ0n) is 9.16. The Hall–Kier alpha value is -0.880. The largest absolute Gasteiger partial charge is 0.381 e. The van der Waals surface area contributed by atoms with Crippen LogP contribution in [0.3, 0.4) is 0 Å². The van der Waals surface area contributed by atoms with Crippen LogP contribution in [-0.4, -0.2) is 21.9 Å². The van der Waals surface area contributed by atoms with Gasteiger partial charge in [-0.1, -0.05) is 0 Å². The van der Waals surface area contributed by atoms with Gasteiger partial charge in [0, 0.05) is 19.1 Å². The standard InChI is InChI=1S/C10H15BrN4O/c1-15-9(16)8(11)7(5-14-15)13-6-10(12)3-2-4-10/h5,13H,2-4,6,12H2,1H3. The SMILES string of the molecule is Cn1ncc(NCC2(N)CCC2)c(Br)c1=O. The summed E-state index contributed by atoms with van der Waals surface area (Å²) in [6.07, 6.45) is 4.90. The smallest absolute Gasteiger partial charge is 0.282 e. The number of hydrogen-bond donors (Lipinski definition) is 2. The third kappa shape index (κ3) is 2.12. The van der Waals surface area contributed by atoms with Gasteiger partial charge < -0.3 is 11.1 Å². The Morgan fingerprint density at radius 1 is 1.69 bits per heavy atom. The van der Waals surface area contributed by atoms with Gasteiger partial charge in [-0.25, -0.2) is 4.68 Å². The summed E-state index contributed by atoms with van der Waals surface area (Å²) in [5.41, 5.74) is 6.54. The van der Waals surface area contributed by atoms with E-state index in [0.717, 1.165) is 12.8 Å². The number of nitrogens with one attached hydrogen (secondary N) is 1. The van der Waals surface area contributed by atoms with Crippen LogP contribution in [0.15, 0.2) is 15.5 Å². The van der Waals surface area contributed by atoms with Crippen molar-refractivity contribution in [2.45, 2.75) is 24.8 Å². The maximum absolute atomic E-state index is 11.6. The lowest BCUT2D eigenvalue weighted by Gasteiger charge is -2.38. The molecule has 1 saturated carbocycles. The van der Waals surface area contributed by atoms with Gasteiger partial charge in [-0.2, -0.15) is 5.10 Å². The predicted octanol–water partition coefficient (Wildman–Crippen LogP) is 0.836. The molecule has 1 heterocycles. The van der Waals surface area contributed by atoms with Gasteiger partial charge in [0.2, 0.25) is 0 Å². The maximum atomic E-state index is 11.6. The van der Waals surface area contributed by atoms with E-state index in [9.17, 15) is 4.79 Å². The monoisotopic (exact) mass is 286 g/mol. The van der Waals surface area contributed by atoms with Crippen molar-refractivity contribution in [1.82, 2.24) is 9.78 Å². The molecular weight excluding hydrogens is 272 g/mol. The van der Waals surface area contributed by atoms with Gasteiger partial charge in [-0.05, 0) is 35.2 Å². The molecule has 1 fully saturated rings. The van der Waals surface area contributed by atoms with Crippen LogP contribution in [0.25, 0.3) is 0 Å². The van der Waals surface area contributed by atoms with Gasteiger partial charge in [0.05, 0.1) is 11.9 Å². The van der Waals surface area contributed by atoms with Crippen molar-refractivity contribution in [3.05, 3.63) is 21.0 Å². The third-order valence-corrected chi connectivity index (χ3v) is 3.82. The third-order valence-electron chi connectivity index (χ3n) is 3.06. The molecule has 0 spiro atoms. The average molecular weight is 287 g/mol. The average Bonchev–Trinajstić information content (AvgIpc) is 2.22. The molecule has 1 aliphatic rings. The van der Waals surface area contributed by atoms with Crippen molar-refractivity contribution in [3.63, 3.8) is 0 Å². The quantitative estimate of drug-likeness (QED) is 0.864. The molecular formula is C10H15BrN4O. The highest BCUT2D eigenvalue weighted by molar-refractivity contribution is 9.10. The van der Waals surface area contributed by atoms with E-state index in [-0.39, 0.29) is 11.1 Å². The second-order valence-corrected chi connectivity index (χ2v) is 5.16. The van der Waals surface area contributed by atoms with Crippen LogP contribution in [0.1, 0.15) is 19.3 Å². The number of nitrogens with zero attached hydrogens (tertiary/aromatic N) is 2. The van der Waals surface area contributed by atoms with E-state index in [2.05, 4.69) is 26.3 Å². The fraction of sp³-hybridized carbons (Fsp3) is 0.600. The number of nitrogens with two attached hydrogens (primary N) is 1. The van der Waals surface area contributed by atoms with E-state index in [4.69, 9.17) is 5.73 Å². The van der Waals surface area contributed by atoms with Crippen LogP contribution in [0.5, 0.6) is 0 Å². The van der Waals surface area contributed by atoms with Crippen molar-refractivity contribution in [3.8, 4) is 0 Å². The van der Waals surface area contributed by atoms with E-state index in [0.29, 0.717) is 16.7 Å². The number of aryl methyl sites for hydroxylation is 1. The normalized spacial score (nSPS) is 17.9. The summed E-state index contributed by atoms with van der Waals surface area (Å²) in [7, 11) is 1.62. The summed E-state index contributed by atoms with van der Waals surface area (Å²) in [5.74, 6) is 0. The summed E-state index contributed by atoms with van der Waals surface area (Å²) in [6, 6.07) is 0. The van der Waals surface area contributed by atoms with Crippen molar-refractivity contribution in [1.29, 1.82) is 0 Å². The molecule has 1 aromatic rings. The first kappa shape index (κ1) is 11.6. The second-order valence-electron chi connectivity index (χ2n) is 4.37. The Balaban J connectivity index is 2.10. The van der Waals surface area contributed by atoms with Gasteiger partial charge >= 0.3 is 0 Å². The Labute approximate surface area is 102 Å². The molecule has 16 heavy (non-hydrogen) atoms. The molecule has 0 bridgehead atoms. The molecule has 0 saturated heterocycles. The first-order valence-electron chi connectivity index (χ1n) is 5.26. The lowest BCUT2D eigenvalue weighted by atomic mass is 9.78. The molecule has 0 unspecified atom stereocenters. The summed E-state index contributed by atoms with van der Waals surface area (Å²) >= 11 is 3.26. The van der Waals surface area contributed by atoms with Crippen molar-refractivity contribution < 1.29 is 0 Å². The van der Waals surface area contributed by atoms with Crippen LogP contribution in [0.4, 0.5) is 5.69 Å². The minimum atomic E-state index is -0.148. The molecule has 0 aromatic carbocycles. The van der Waals surface area contributed by atoms with Gasteiger partial charge in [0.25, 0.3) is 5.56 Å². The van der Waals surface area contributed by atoms with Crippen molar-refractivity contribution in [2.75, 3.05) is 11.9 Å². The lowest BCUT2D eigenvalue weighted by molar-refractivity contribution is 0.265. The maximum Gasteiger partial charge on any atom is 0.282 e. The highest BCUT2D eigenvalue weighted by atomic mass is 79.9.